The number of hydrogen-bond donors (Lipinski definition) is 2. The molecule has 0 saturated heterocycles. The standard InChI is InChI=1S/C17H19NO4S/c1-17(2)13-5-4-11(23(3,20)21)8-12(13)16-14(19)6-10(9-18)7-15(16)22-17/h4-8,19H,9,18H2,1-3H3. The van der Waals surface area contributed by atoms with E-state index >= 15 is 0 Å². The molecule has 122 valence electrons. The summed E-state index contributed by atoms with van der Waals surface area (Å²) in [5.74, 6) is 0.541. The third-order valence-electron chi connectivity index (χ3n) is 4.08. The van der Waals surface area contributed by atoms with Crippen LogP contribution in [0.5, 0.6) is 11.5 Å². The summed E-state index contributed by atoms with van der Waals surface area (Å²) in [4.78, 5) is 0.210. The fourth-order valence-electron chi connectivity index (χ4n) is 2.94. The molecular formula is C17H19NO4S. The molecule has 1 aliphatic heterocycles. The van der Waals surface area contributed by atoms with Crippen molar-refractivity contribution in [3.8, 4) is 22.6 Å². The van der Waals surface area contributed by atoms with Crippen molar-refractivity contribution in [1.29, 1.82) is 0 Å². The number of phenolic OH excluding ortho intramolecular Hbond substituents is 1. The van der Waals surface area contributed by atoms with Crippen molar-refractivity contribution in [1.82, 2.24) is 0 Å². The zero-order valence-electron chi connectivity index (χ0n) is 13.3. The van der Waals surface area contributed by atoms with E-state index in [1.54, 1.807) is 30.3 Å². The average molecular weight is 333 g/mol. The zero-order valence-corrected chi connectivity index (χ0v) is 14.1. The molecular weight excluding hydrogens is 314 g/mol. The highest BCUT2D eigenvalue weighted by Gasteiger charge is 2.35. The van der Waals surface area contributed by atoms with Gasteiger partial charge in [-0.3, -0.25) is 0 Å². The van der Waals surface area contributed by atoms with Crippen LogP contribution in [0.3, 0.4) is 0 Å². The molecule has 6 heteroatoms. The van der Waals surface area contributed by atoms with E-state index < -0.39 is 15.4 Å². The van der Waals surface area contributed by atoms with Gasteiger partial charge < -0.3 is 15.6 Å². The summed E-state index contributed by atoms with van der Waals surface area (Å²) < 4.78 is 29.8. The summed E-state index contributed by atoms with van der Waals surface area (Å²) in [5, 5.41) is 10.4. The lowest BCUT2D eigenvalue weighted by molar-refractivity contribution is 0.105. The van der Waals surface area contributed by atoms with Gasteiger partial charge in [-0.05, 0) is 49.2 Å². The van der Waals surface area contributed by atoms with Gasteiger partial charge in [0.1, 0.15) is 17.1 Å². The summed E-state index contributed by atoms with van der Waals surface area (Å²) in [5.41, 5.74) is 7.75. The van der Waals surface area contributed by atoms with Gasteiger partial charge in [0, 0.05) is 18.4 Å². The van der Waals surface area contributed by atoms with Gasteiger partial charge in [-0.1, -0.05) is 6.07 Å². The molecule has 0 atom stereocenters. The van der Waals surface area contributed by atoms with E-state index in [1.165, 1.54) is 0 Å². The van der Waals surface area contributed by atoms with Crippen molar-refractivity contribution < 1.29 is 18.3 Å². The smallest absolute Gasteiger partial charge is 0.175 e. The van der Waals surface area contributed by atoms with E-state index in [9.17, 15) is 13.5 Å². The van der Waals surface area contributed by atoms with Crippen molar-refractivity contribution in [3.63, 3.8) is 0 Å². The molecule has 3 N–H and O–H groups in total. The predicted octanol–water partition coefficient (Wildman–Crippen LogP) is 2.55. The maximum atomic E-state index is 11.9. The molecule has 2 aromatic carbocycles. The fraction of sp³-hybridized carbons (Fsp3) is 0.294. The third kappa shape index (κ3) is 2.58. The van der Waals surface area contributed by atoms with Crippen LogP contribution in [0.4, 0.5) is 0 Å². The molecule has 0 aromatic heterocycles. The highest BCUT2D eigenvalue weighted by atomic mass is 32.2. The monoisotopic (exact) mass is 333 g/mol. The molecule has 1 aliphatic rings. The normalized spacial score (nSPS) is 15.5. The quantitative estimate of drug-likeness (QED) is 0.881. The lowest BCUT2D eigenvalue weighted by Crippen LogP contribution is -2.29. The molecule has 0 bridgehead atoms. The summed E-state index contributed by atoms with van der Waals surface area (Å²) >= 11 is 0. The summed E-state index contributed by atoms with van der Waals surface area (Å²) in [7, 11) is -3.34. The van der Waals surface area contributed by atoms with Crippen LogP contribution in [0.2, 0.25) is 0 Å². The average Bonchev–Trinajstić information content (AvgIpc) is 2.44. The number of aromatic hydroxyl groups is 1. The van der Waals surface area contributed by atoms with Crippen LogP contribution in [0.25, 0.3) is 11.1 Å². The van der Waals surface area contributed by atoms with Gasteiger partial charge >= 0.3 is 0 Å². The Bertz CT molecular complexity index is 901. The maximum absolute atomic E-state index is 11.9. The van der Waals surface area contributed by atoms with E-state index in [0.29, 0.717) is 16.9 Å². The maximum Gasteiger partial charge on any atom is 0.175 e. The largest absolute Gasteiger partial charge is 0.507 e. The lowest BCUT2D eigenvalue weighted by atomic mass is 9.85. The van der Waals surface area contributed by atoms with Gasteiger partial charge in [-0.15, -0.1) is 0 Å². The molecule has 0 fully saturated rings. The van der Waals surface area contributed by atoms with Crippen LogP contribution < -0.4 is 10.5 Å². The number of fused-ring (bicyclic) bond motifs is 3. The Balaban J connectivity index is 2.35. The highest BCUT2D eigenvalue weighted by Crippen LogP contribution is 2.49. The highest BCUT2D eigenvalue weighted by molar-refractivity contribution is 7.90. The summed E-state index contributed by atoms with van der Waals surface area (Å²) in [6.45, 7) is 4.09. The van der Waals surface area contributed by atoms with Gasteiger partial charge in [0.15, 0.2) is 9.84 Å². The van der Waals surface area contributed by atoms with Crippen molar-refractivity contribution in [2.24, 2.45) is 5.73 Å². The van der Waals surface area contributed by atoms with Gasteiger partial charge in [0.2, 0.25) is 0 Å². The molecule has 1 heterocycles. The van der Waals surface area contributed by atoms with Crippen LogP contribution in [0.1, 0.15) is 25.0 Å². The summed E-state index contributed by atoms with van der Waals surface area (Å²) in [6, 6.07) is 8.26. The fourth-order valence-corrected chi connectivity index (χ4v) is 3.59. The number of rotatable bonds is 2. The minimum absolute atomic E-state index is 0.0327. The Labute approximate surface area is 135 Å². The van der Waals surface area contributed by atoms with Crippen LogP contribution >= 0.6 is 0 Å². The molecule has 0 aliphatic carbocycles. The minimum atomic E-state index is -3.34. The van der Waals surface area contributed by atoms with E-state index in [-0.39, 0.29) is 17.2 Å². The van der Waals surface area contributed by atoms with E-state index in [0.717, 1.165) is 17.4 Å². The topological polar surface area (TPSA) is 89.6 Å². The minimum Gasteiger partial charge on any atom is -0.507 e. The van der Waals surface area contributed by atoms with Crippen molar-refractivity contribution in [2.75, 3.05) is 6.26 Å². The number of nitrogens with two attached hydrogens (primary N) is 1. The number of hydrogen-bond acceptors (Lipinski definition) is 5. The van der Waals surface area contributed by atoms with E-state index in [2.05, 4.69) is 0 Å². The Morgan fingerprint density at radius 1 is 1.22 bits per heavy atom. The first-order valence-corrected chi connectivity index (χ1v) is 9.12. The van der Waals surface area contributed by atoms with Gasteiger partial charge in [-0.25, -0.2) is 8.42 Å². The number of ether oxygens (including phenoxy) is 1. The lowest BCUT2D eigenvalue weighted by Gasteiger charge is -2.35. The number of sulfone groups is 1. The Morgan fingerprint density at radius 2 is 1.91 bits per heavy atom. The molecule has 23 heavy (non-hydrogen) atoms. The van der Waals surface area contributed by atoms with Gasteiger partial charge in [-0.2, -0.15) is 0 Å². The molecule has 0 unspecified atom stereocenters. The molecule has 0 saturated carbocycles. The third-order valence-corrected chi connectivity index (χ3v) is 5.19. The zero-order chi connectivity index (χ0) is 17.0. The van der Waals surface area contributed by atoms with E-state index in [1.807, 2.05) is 13.8 Å². The molecule has 0 amide bonds. The Hall–Kier alpha value is -2.05. The van der Waals surface area contributed by atoms with Crippen molar-refractivity contribution in [3.05, 3.63) is 41.5 Å². The molecule has 5 nitrogen and oxygen atoms in total. The second kappa shape index (κ2) is 4.97. The predicted molar refractivity (Wildman–Crippen MR) is 88.2 cm³/mol. The van der Waals surface area contributed by atoms with Crippen LogP contribution in [-0.2, 0) is 22.0 Å². The number of phenols is 1. The first kappa shape index (κ1) is 15.8. The molecule has 0 spiro atoms. The second-order valence-corrected chi connectivity index (χ2v) is 8.30. The first-order chi connectivity index (χ1) is 10.6. The molecule has 3 rings (SSSR count). The van der Waals surface area contributed by atoms with Crippen molar-refractivity contribution >= 4 is 9.84 Å². The SMILES string of the molecule is CC1(C)Oc2cc(CN)cc(O)c2-c2cc(S(C)(=O)=O)ccc21. The molecule has 2 aromatic rings. The van der Waals surface area contributed by atoms with Crippen LogP contribution in [-0.4, -0.2) is 19.8 Å². The summed E-state index contributed by atoms with van der Waals surface area (Å²) in [6.07, 6.45) is 1.16. The van der Waals surface area contributed by atoms with E-state index in [4.69, 9.17) is 10.5 Å². The van der Waals surface area contributed by atoms with Crippen LogP contribution in [0, 0.1) is 0 Å². The van der Waals surface area contributed by atoms with Crippen LogP contribution in [0.15, 0.2) is 35.2 Å². The first-order valence-electron chi connectivity index (χ1n) is 7.23. The van der Waals surface area contributed by atoms with Crippen molar-refractivity contribution in [2.45, 2.75) is 30.9 Å². The van der Waals surface area contributed by atoms with Gasteiger partial charge in [0.25, 0.3) is 0 Å². The Morgan fingerprint density at radius 3 is 2.52 bits per heavy atom. The van der Waals surface area contributed by atoms with Gasteiger partial charge in [0.05, 0.1) is 10.5 Å². The Kier molecular flexibility index (Phi) is 3.42. The second-order valence-electron chi connectivity index (χ2n) is 6.28. The molecule has 0 radical (unpaired) electrons. The number of benzene rings is 2.